The highest BCUT2D eigenvalue weighted by atomic mass is 32.2. The molecule has 1 aliphatic carbocycles. The summed E-state index contributed by atoms with van der Waals surface area (Å²) in [6.45, 7) is 1.73. The topological polar surface area (TPSA) is 68.3 Å². The number of aromatic nitrogens is 1. The minimum Gasteiger partial charge on any atom is -0.480 e. The predicted molar refractivity (Wildman–Crippen MR) is 61.0 cm³/mol. The summed E-state index contributed by atoms with van der Waals surface area (Å²) < 4.78 is 30.8. The highest BCUT2D eigenvalue weighted by Crippen LogP contribution is 2.43. The first-order valence-corrected chi connectivity index (χ1v) is 6.48. The van der Waals surface area contributed by atoms with E-state index in [0.29, 0.717) is 18.5 Å². The van der Waals surface area contributed by atoms with Crippen LogP contribution < -0.4 is 9.46 Å². The number of nitrogens with one attached hydrogen (secondary N) is 1. The molecule has 0 saturated heterocycles. The van der Waals surface area contributed by atoms with Gasteiger partial charge in [-0.05, 0) is 31.9 Å². The fourth-order valence-electron chi connectivity index (χ4n) is 1.34. The molecule has 0 aromatic carbocycles. The highest BCUT2D eigenvalue weighted by molar-refractivity contribution is 7.94. The van der Waals surface area contributed by atoms with E-state index in [4.69, 9.17) is 4.74 Å². The monoisotopic (exact) mass is 242 g/mol. The lowest BCUT2D eigenvalue weighted by Gasteiger charge is -2.14. The number of methoxy groups -OCH3 is 1. The Labute approximate surface area is 94.9 Å². The van der Waals surface area contributed by atoms with Gasteiger partial charge in [-0.1, -0.05) is 0 Å². The largest absolute Gasteiger partial charge is 0.480 e. The molecule has 6 heteroatoms. The SMILES string of the molecule is COc1ncccc1NS(=O)(=O)C1(C)CC1. The normalized spacial score (nSPS) is 17.9. The summed E-state index contributed by atoms with van der Waals surface area (Å²) in [7, 11) is -1.88. The second kappa shape index (κ2) is 3.62. The fourth-order valence-corrected chi connectivity index (χ4v) is 2.67. The van der Waals surface area contributed by atoms with Gasteiger partial charge in [-0.15, -0.1) is 0 Å². The Kier molecular flexibility index (Phi) is 2.53. The van der Waals surface area contributed by atoms with Gasteiger partial charge in [0.25, 0.3) is 0 Å². The van der Waals surface area contributed by atoms with E-state index >= 15 is 0 Å². The number of hydrogen-bond acceptors (Lipinski definition) is 4. The van der Waals surface area contributed by atoms with Crippen molar-refractivity contribution in [1.29, 1.82) is 0 Å². The fraction of sp³-hybridized carbons (Fsp3) is 0.500. The molecule has 0 amide bonds. The highest BCUT2D eigenvalue weighted by Gasteiger charge is 2.50. The van der Waals surface area contributed by atoms with Crippen LogP contribution in [0.5, 0.6) is 5.88 Å². The average Bonchev–Trinajstić information content (AvgIpc) is 2.98. The lowest BCUT2D eigenvalue weighted by atomic mass is 10.4. The molecule has 5 nitrogen and oxygen atoms in total. The molecule has 2 rings (SSSR count). The Morgan fingerprint density at radius 1 is 1.50 bits per heavy atom. The van der Waals surface area contributed by atoms with Crippen molar-refractivity contribution in [2.45, 2.75) is 24.5 Å². The Balaban J connectivity index is 2.27. The summed E-state index contributed by atoms with van der Waals surface area (Å²) in [4.78, 5) is 3.93. The van der Waals surface area contributed by atoms with Gasteiger partial charge in [0.1, 0.15) is 5.69 Å². The number of pyridine rings is 1. The van der Waals surface area contributed by atoms with Gasteiger partial charge in [0.2, 0.25) is 15.9 Å². The zero-order chi connectivity index (χ0) is 11.8. The first kappa shape index (κ1) is 11.2. The minimum atomic E-state index is -3.34. The van der Waals surface area contributed by atoms with Crippen molar-refractivity contribution < 1.29 is 13.2 Å². The molecule has 0 atom stereocenters. The Hall–Kier alpha value is -1.30. The summed E-state index contributed by atoms with van der Waals surface area (Å²) in [6, 6.07) is 3.30. The number of ether oxygens (including phenoxy) is 1. The molecular formula is C10H14N2O3S. The maximum Gasteiger partial charge on any atom is 0.238 e. The van der Waals surface area contributed by atoms with Crippen molar-refractivity contribution in [3.8, 4) is 5.88 Å². The molecule has 0 unspecified atom stereocenters. The van der Waals surface area contributed by atoms with Crippen LogP contribution in [0, 0.1) is 0 Å². The van der Waals surface area contributed by atoms with Crippen LogP contribution in [0.3, 0.4) is 0 Å². The molecule has 1 N–H and O–H groups in total. The molecule has 1 aromatic rings. The van der Waals surface area contributed by atoms with E-state index in [0.717, 1.165) is 0 Å². The van der Waals surface area contributed by atoms with Crippen LogP contribution >= 0.6 is 0 Å². The summed E-state index contributed by atoms with van der Waals surface area (Å²) in [5.74, 6) is 0.287. The van der Waals surface area contributed by atoms with Gasteiger partial charge in [0.15, 0.2) is 0 Å². The van der Waals surface area contributed by atoms with Crippen molar-refractivity contribution in [2.24, 2.45) is 0 Å². The third-order valence-electron chi connectivity index (χ3n) is 2.81. The molecule has 0 spiro atoms. The number of anilines is 1. The number of hydrogen-bond donors (Lipinski definition) is 1. The van der Waals surface area contributed by atoms with Gasteiger partial charge in [0.05, 0.1) is 11.9 Å². The molecule has 16 heavy (non-hydrogen) atoms. The zero-order valence-corrected chi connectivity index (χ0v) is 10.0. The summed E-state index contributed by atoms with van der Waals surface area (Å²) in [5, 5.41) is 0. The summed E-state index contributed by atoms with van der Waals surface area (Å²) in [6.07, 6.45) is 2.95. The first-order valence-electron chi connectivity index (χ1n) is 5.00. The van der Waals surface area contributed by atoms with Crippen molar-refractivity contribution in [2.75, 3.05) is 11.8 Å². The molecule has 1 aliphatic rings. The number of sulfonamides is 1. The Morgan fingerprint density at radius 3 is 2.75 bits per heavy atom. The van der Waals surface area contributed by atoms with E-state index in [9.17, 15) is 8.42 Å². The molecule has 0 radical (unpaired) electrons. The van der Waals surface area contributed by atoms with Crippen LogP contribution in [-0.4, -0.2) is 25.3 Å². The van der Waals surface area contributed by atoms with Gasteiger partial charge in [0, 0.05) is 6.20 Å². The second-order valence-electron chi connectivity index (χ2n) is 4.12. The van der Waals surface area contributed by atoms with Crippen LogP contribution in [0.15, 0.2) is 18.3 Å². The third-order valence-corrected chi connectivity index (χ3v) is 5.01. The second-order valence-corrected chi connectivity index (χ2v) is 6.31. The summed E-state index contributed by atoms with van der Waals surface area (Å²) in [5.41, 5.74) is 0.387. The van der Waals surface area contributed by atoms with E-state index in [1.165, 1.54) is 7.11 Å². The van der Waals surface area contributed by atoms with Gasteiger partial charge in [-0.25, -0.2) is 13.4 Å². The lowest BCUT2D eigenvalue weighted by molar-refractivity contribution is 0.400. The van der Waals surface area contributed by atoms with Gasteiger partial charge in [-0.2, -0.15) is 0 Å². The first-order chi connectivity index (χ1) is 7.48. The number of rotatable bonds is 4. The van der Waals surface area contributed by atoms with Gasteiger partial charge in [-0.3, -0.25) is 4.72 Å². The van der Waals surface area contributed by atoms with Crippen LogP contribution in [0.4, 0.5) is 5.69 Å². The van der Waals surface area contributed by atoms with E-state index in [-0.39, 0.29) is 5.88 Å². The van der Waals surface area contributed by atoms with Crippen molar-refractivity contribution in [1.82, 2.24) is 4.98 Å². The summed E-state index contributed by atoms with van der Waals surface area (Å²) >= 11 is 0. The van der Waals surface area contributed by atoms with Crippen LogP contribution in [0.25, 0.3) is 0 Å². The lowest BCUT2D eigenvalue weighted by Crippen LogP contribution is -2.27. The Bertz CT molecular complexity index is 495. The molecular weight excluding hydrogens is 228 g/mol. The van der Waals surface area contributed by atoms with Crippen molar-refractivity contribution in [3.05, 3.63) is 18.3 Å². The Morgan fingerprint density at radius 2 is 2.19 bits per heavy atom. The quantitative estimate of drug-likeness (QED) is 0.866. The molecule has 1 aromatic heterocycles. The standard InChI is InChI=1S/C10H14N2O3S/c1-10(5-6-10)16(13,14)12-8-4-3-7-11-9(8)15-2/h3-4,7,12H,5-6H2,1-2H3. The van der Waals surface area contributed by atoms with Crippen LogP contribution in [-0.2, 0) is 10.0 Å². The van der Waals surface area contributed by atoms with E-state index in [1.54, 1.807) is 25.3 Å². The molecule has 0 bridgehead atoms. The maximum absolute atomic E-state index is 12.0. The molecule has 88 valence electrons. The predicted octanol–water partition coefficient (Wildman–Crippen LogP) is 1.38. The molecule has 1 saturated carbocycles. The van der Waals surface area contributed by atoms with Crippen molar-refractivity contribution >= 4 is 15.7 Å². The van der Waals surface area contributed by atoms with Crippen LogP contribution in [0.2, 0.25) is 0 Å². The van der Waals surface area contributed by atoms with Crippen molar-refractivity contribution in [3.63, 3.8) is 0 Å². The van der Waals surface area contributed by atoms with Crippen LogP contribution in [0.1, 0.15) is 19.8 Å². The number of nitrogens with zero attached hydrogens (tertiary/aromatic N) is 1. The maximum atomic E-state index is 12.0. The molecule has 0 aliphatic heterocycles. The van der Waals surface area contributed by atoms with E-state index < -0.39 is 14.8 Å². The van der Waals surface area contributed by atoms with Gasteiger partial charge < -0.3 is 4.74 Å². The zero-order valence-electron chi connectivity index (χ0n) is 9.23. The van der Waals surface area contributed by atoms with E-state index in [2.05, 4.69) is 9.71 Å². The minimum absolute atomic E-state index is 0.287. The average molecular weight is 242 g/mol. The third kappa shape index (κ3) is 1.84. The molecule has 1 fully saturated rings. The van der Waals surface area contributed by atoms with Gasteiger partial charge >= 0.3 is 0 Å². The van der Waals surface area contributed by atoms with E-state index in [1.807, 2.05) is 0 Å². The molecule has 1 heterocycles. The smallest absolute Gasteiger partial charge is 0.238 e.